The second-order valence-electron chi connectivity index (χ2n) is 4.14. The molecule has 23 heavy (non-hydrogen) atoms. The highest BCUT2D eigenvalue weighted by atomic mass is 16.6. The van der Waals surface area contributed by atoms with Crippen LogP contribution in [-0.2, 0) is 9.59 Å². The van der Waals surface area contributed by atoms with Gasteiger partial charge in [0.25, 0.3) is 0 Å². The van der Waals surface area contributed by atoms with Crippen molar-refractivity contribution in [3.8, 4) is 11.5 Å². The fraction of sp³-hybridized carbons (Fsp3) is 0.308. The summed E-state index contributed by atoms with van der Waals surface area (Å²) < 4.78 is 5.10. The van der Waals surface area contributed by atoms with Gasteiger partial charge in [-0.2, -0.15) is 5.10 Å². The largest absolute Gasteiger partial charge is 0.500 e. The molecule has 1 aromatic carbocycles. The molecule has 10 heteroatoms. The maximum atomic E-state index is 11.3. The lowest BCUT2D eigenvalue weighted by molar-refractivity contribution is -0.386. The SMILES string of the molecule is CCNC(=O)C(=O)N/N=C/c1cc(OCC)c(O)c([N+](=O)[O-])c1. The molecule has 124 valence electrons. The molecule has 3 N–H and O–H groups in total. The predicted molar refractivity (Wildman–Crippen MR) is 80.4 cm³/mol. The Bertz CT molecular complexity index is 644. The van der Waals surface area contributed by atoms with Crippen molar-refractivity contribution in [2.75, 3.05) is 13.2 Å². The molecule has 1 rings (SSSR count). The van der Waals surface area contributed by atoms with Gasteiger partial charge in [0.05, 0.1) is 17.7 Å². The summed E-state index contributed by atoms with van der Waals surface area (Å²) in [5.74, 6) is -2.50. The summed E-state index contributed by atoms with van der Waals surface area (Å²) in [6, 6.07) is 2.37. The van der Waals surface area contributed by atoms with E-state index in [-0.39, 0.29) is 24.5 Å². The summed E-state index contributed by atoms with van der Waals surface area (Å²) in [6.07, 6.45) is 1.09. The minimum absolute atomic E-state index is 0.0850. The summed E-state index contributed by atoms with van der Waals surface area (Å²) in [5, 5.41) is 26.4. The first-order valence-electron chi connectivity index (χ1n) is 6.66. The summed E-state index contributed by atoms with van der Waals surface area (Å²) >= 11 is 0. The van der Waals surface area contributed by atoms with Gasteiger partial charge in [-0.05, 0) is 19.9 Å². The Morgan fingerprint density at radius 2 is 2.09 bits per heavy atom. The summed E-state index contributed by atoms with van der Waals surface area (Å²) in [6.45, 7) is 3.79. The van der Waals surface area contributed by atoms with E-state index in [1.165, 1.54) is 6.07 Å². The zero-order valence-corrected chi connectivity index (χ0v) is 12.5. The van der Waals surface area contributed by atoms with Gasteiger partial charge in [0, 0.05) is 18.2 Å². The number of aromatic hydroxyl groups is 1. The fourth-order valence-electron chi connectivity index (χ4n) is 1.55. The Morgan fingerprint density at radius 3 is 2.65 bits per heavy atom. The highest BCUT2D eigenvalue weighted by Gasteiger charge is 2.19. The normalized spacial score (nSPS) is 10.3. The summed E-state index contributed by atoms with van der Waals surface area (Å²) in [5.41, 5.74) is 1.62. The van der Waals surface area contributed by atoms with Crippen LogP contribution in [0.15, 0.2) is 17.2 Å². The Kier molecular flexibility index (Phi) is 6.46. The highest BCUT2D eigenvalue weighted by Crippen LogP contribution is 2.36. The first-order chi connectivity index (χ1) is 10.9. The third kappa shape index (κ3) is 4.95. The number of nitrogens with one attached hydrogen (secondary N) is 2. The fourth-order valence-corrected chi connectivity index (χ4v) is 1.55. The van der Waals surface area contributed by atoms with E-state index in [9.17, 15) is 24.8 Å². The number of ether oxygens (including phenoxy) is 1. The minimum atomic E-state index is -0.971. The number of phenols is 1. The van der Waals surface area contributed by atoms with E-state index in [1.54, 1.807) is 13.8 Å². The molecular formula is C13H16N4O6. The summed E-state index contributed by atoms with van der Waals surface area (Å²) in [7, 11) is 0. The lowest BCUT2D eigenvalue weighted by atomic mass is 10.2. The molecule has 0 fully saturated rings. The molecule has 0 aliphatic rings. The van der Waals surface area contributed by atoms with Crippen LogP contribution in [0.25, 0.3) is 0 Å². The maximum Gasteiger partial charge on any atom is 0.329 e. The average molecular weight is 324 g/mol. The average Bonchev–Trinajstić information content (AvgIpc) is 2.50. The molecule has 0 aromatic heterocycles. The molecule has 0 aliphatic heterocycles. The van der Waals surface area contributed by atoms with Crippen molar-refractivity contribution in [2.45, 2.75) is 13.8 Å². The van der Waals surface area contributed by atoms with Crippen molar-refractivity contribution in [2.24, 2.45) is 5.10 Å². The van der Waals surface area contributed by atoms with Crippen molar-refractivity contribution < 1.29 is 24.4 Å². The number of phenolic OH excluding ortho intramolecular Hbond substituents is 1. The zero-order chi connectivity index (χ0) is 17.4. The van der Waals surface area contributed by atoms with Crippen LogP contribution in [-0.4, -0.2) is 41.2 Å². The van der Waals surface area contributed by atoms with E-state index in [0.29, 0.717) is 0 Å². The standard InChI is InChI=1S/C13H16N4O6/c1-3-14-12(19)13(20)16-15-7-8-5-9(17(21)22)11(18)10(6-8)23-4-2/h5-7,18H,3-4H2,1-2H3,(H,14,19)(H,16,20)/b15-7+. The molecule has 0 saturated heterocycles. The molecular weight excluding hydrogens is 308 g/mol. The maximum absolute atomic E-state index is 11.3. The van der Waals surface area contributed by atoms with E-state index < -0.39 is 28.2 Å². The number of hydrogen-bond acceptors (Lipinski definition) is 7. The van der Waals surface area contributed by atoms with Crippen molar-refractivity contribution in [3.63, 3.8) is 0 Å². The van der Waals surface area contributed by atoms with Crippen LogP contribution in [0.3, 0.4) is 0 Å². The van der Waals surface area contributed by atoms with E-state index in [2.05, 4.69) is 10.4 Å². The first kappa shape index (κ1) is 17.9. The number of amides is 2. The number of nitro benzene ring substituents is 1. The third-order valence-corrected chi connectivity index (χ3v) is 2.50. The van der Waals surface area contributed by atoms with Gasteiger partial charge in [0.2, 0.25) is 5.75 Å². The van der Waals surface area contributed by atoms with E-state index in [1.807, 2.05) is 5.43 Å². The van der Waals surface area contributed by atoms with Crippen molar-refractivity contribution in [1.29, 1.82) is 0 Å². The number of hydrogen-bond donors (Lipinski definition) is 3. The van der Waals surface area contributed by atoms with Crippen molar-refractivity contribution in [3.05, 3.63) is 27.8 Å². The molecule has 0 spiro atoms. The second kappa shape index (κ2) is 8.32. The first-order valence-corrected chi connectivity index (χ1v) is 6.66. The van der Waals surface area contributed by atoms with Crippen LogP contribution in [0.1, 0.15) is 19.4 Å². The number of likely N-dealkylation sites (N-methyl/N-ethyl adjacent to an activating group) is 1. The van der Waals surface area contributed by atoms with Gasteiger partial charge in [-0.1, -0.05) is 0 Å². The number of nitro groups is 1. The lowest BCUT2D eigenvalue weighted by Gasteiger charge is -2.07. The Hall–Kier alpha value is -3.17. The second-order valence-corrected chi connectivity index (χ2v) is 4.14. The summed E-state index contributed by atoms with van der Waals surface area (Å²) in [4.78, 5) is 32.6. The third-order valence-electron chi connectivity index (χ3n) is 2.50. The Balaban J connectivity index is 2.95. The molecule has 0 atom stereocenters. The Morgan fingerprint density at radius 1 is 1.39 bits per heavy atom. The number of rotatable bonds is 6. The van der Waals surface area contributed by atoms with Crippen LogP contribution < -0.4 is 15.5 Å². The lowest BCUT2D eigenvalue weighted by Crippen LogP contribution is -2.37. The van der Waals surface area contributed by atoms with Crippen LogP contribution >= 0.6 is 0 Å². The molecule has 2 amide bonds. The van der Waals surface area contributed by atoms with E-state index >= 15 is 0 Å². The van der Waals surface area contributed by atoms with Gasteiger partial charge in [-0.3, -0.25) is 19.7 Å². The number of nitrogens with zero attached hydrogens (tertiary/aromatic N) is 2. The smallest absolute Gasteiger partial charge is 0.329 e. The predicted octanol–water partition coefficient (Wildman–Crippen LogP) is 0.285. The topological polar surface area (TPSA) is 143 Å². The van der Waals surface area contributed by atoms with Crippen LogP contribution in [0.5, 0.6) is 11.5 Å². The quantitative estimate of drug-likeness (QED) is 0.297. The van der Waals surface area contributed by atoms with Gasteiger partial charge < -0.3 is 15.2 Å². The van der Waals surface area contributed by atoms with Gasteiger partial charge in [0.15, 0.2) is 5.75 Å². The van der Waals surface area contributed by atoms with Crippen LogP contribution in [0.4, 0.5) is 5.69 Å². The number of carbonyl (C=O) groups excluding carboxylic acids is 2. The number of hydrazone groups is 1. The van der Waals surface area contributed by atoms with E-state index in [4.69, 9.17) is 4.74 Å². The highest BCUT2D eigenvalue weighted by molar-refractivity contribution is 6.35. The van der Waals surface area contributed by atoms with Crippen molar-refractivity contribution in [1.82, 2.24) is 10.7 Å². The van der Waals surface area contributed by atoms with Gasteiger partial charge in [-0.15, -0.1) is 0 Å². The van der Waals surface area contributed by atoms with Crippen LogP contribution in [0.2, 0.25) is 0 Å². The number of carbonyl (C=O) groups is 2. The molecule has 0 saturated carbocycles. The van der Waals surface area contributed by atoms with Gasteiger partial charge >= 0.3 is 17.5 Å². The molecule has 0 aliphatic carbocycles. The van der Waals surface area contributed by atoms with E-state index in [0.717, 1.165) is 12.3 Å². The van der Waals surface area contributed by atoms with Gasteiger partial charge in [0.1, 0.15) is 0 Å². The minimum Gasteiger partial charge on any atom is -0.500 e. The zero-order valence-electron chi connectivity index (χ0n) is 12.5. The van der Waals surface area contributed by atoms with Crippen molar-refractivity contribution >= 4 is 23.7 Å². The molecule has 0 heterocycles. The molecule has 1 aromatic rings. The molecule has 10 nitrogen and oxygen atoms in total. The Labute approximate surface area is 131 Å². The van der Waals surface area contributed by atoms with Crippen LogP contribution in [0, 0.1) is 10.1 Å². The molecule has 0 bridgehead atoms. The molecule has 0 radical (unpaired) electrons. The monoisotopic (exact) mass is 324 g/mol. The van der Waals surface area contributed by atoms with Gasteiger partial charge in [-0.25, -0.2) is 5.43 Å². The number of benzene rings is 1. The molecule has 0 unspecified atom stereocenters.